The number of phenolic OH excluding ortho intramolecular Hbond substituents is 1. The number of carbonyl (C=O) groups is 1. The second kappa shape index (κ2) is 11.3. The van der Waals surface area contributed by atoms with E-state index in [0.29, 0.717) is 12.2 Å². The Kier molecular flexibility index (Phi) is 10.5. The van der Waals surface area contributed by atoms with Crippen LogP contribution in [0.1, 0.15) is 5.56 Å². The van der Waals surface area contributed by atoms with E-state index in [-0.39, 0.29) is 11.7 Å². The highest BCUT2D eigenvalue weighted by atomic mass is 127. The molecule has 0 fully saturated rings. The van der Waals surface area contributed by atoms with Crippen LogP contribution in [0.25, 0.3) is 0 Å². The minimum absolute atomic E-state index is 0.262. The zero-order chi connectivity index (χ0) is 19.4. The van der Waals surface area contributed by atoms with Gasteiger partial charge in [0.2, 0.25) is 0 Å². The molecule has 0 aliphatic carbocycles. The molecule has 2 aromatic carbocycles. The zero-order valence-corrected chi connectivity index (χ0v) is 25.5. The standard InChI is InChI=1S/C15H9I6NO4/c16-8-4-7(5-9(17)13(8)23)25-14-10(18)1-6(2-11(14)19)3-12(22-20)15(24)26-21/h1-2,4-5,12,22-23H,3H2/t12-/m0/s1. The summed E-state index contributed by atoms with van der Waals surface area (Å²) < 4.78 is 17.1. The fourth-order valence-electron chi connectivity index (χ4n) is 2.00. The first-order valence-electron chi connectivity index (χ1n) is 6.79. The first kappa shape index (κ1) is 24.1. The third-order valence-corrected chi connectivity index (χ3v) is 7.63. The van der Waals surface area contributed by atoms with Gasteiger partial charge in [-0.1, -0.05) is 0 Å². The van der Waals surface area contributed by atoms with Crippen molar-refractivity contribution in [3.05, 3.63) is 44.1 Å². The summed E-state index contributed by atoms with van der Waals surface area (Å²) in [5, 5.41) is 9.90. The summed E-state index contributed by atoms with van der Waals surface area (Å²) in [7, 11) is 0. The Morgan fingerprint density at radius 3 is 2.04 bits per heavy atom. The Labute approximate surface area is 233 Å². The third-order valence-electron chi connectivity index (χ3n) is 3.20. The van der Waals surface area contributed by atoms with Crippen molar-refractivity contribution in [3.8, 4) is 17.2 Å². The van der Waals surface area contributed by atoms with E-state index in [2.05, 4.69) is 93.9 Å². The van der Waals surface area contributed by atoms with Gasteiger partial charge in [-0.15, -0.1) is 0 Å². The van der Waals surface area contributed by atoms with E-state index < -0.39 is 6.04 Å². The predicted octanol–water partition coefficient (Wildman–Crippen LogP) is 6.35. The fourth-order valence-corrected chi connectivity index (χ4v) is 6.61. The summed E-state index contributed by atoms with van der Waals surface area (Å²) in [5.74, 6) is 1.37. The van der Waals surface area contributed by atoms with Crippen molar-refractivity contribution in [1.29, 1.82) is 0 Å². The van der Waals surface area contributed by atoms with Gasteiger partial charge >= 0.3 is 5.97 Å². The van der Waals surface area contributed by atoms with Crippen LogP contribution < -0.4 is 8.27 Å². The lowest BCUT2D eigenvalue weighted by Crippen LogP contribution is -2.32. The molecule has 1 atom stereocenters. The molecule has 0 unspecified atom stereocenters. The van der Waals surface area contributed by atoms with E-state index in [4.69, 9.17) is 7.80 Å². The lowest BCUT2D eigenvalue weighted by molar-refractivity contribution is -0.132. The molecule has 0 aliphatic rings. The van der Waals surface area contributed by atoms with Gasteiger partial charge in [0.05, 0.1) is 14.3 Å². The van der Waals surface area contributed by atoms with Gasteiger partial charge < -0.3 is 12.9 Å². The van der Waals surface area contributed by atoms with Gasteiger partial charge in [0.15, 0.2) is 28.8 Å². The van der Waals surface area contributed by atoms with Gasteiger partial charge in [-0.3, -0.25) is 0 Å². The smallest absolute Gasteiger partial charge is 0.333 e. The average Bonchev–Trinajstić information content (AvgIpc) is 2.59. The molecule has 140 valence electrons. The molecular formula is C15H9I6NO4. The van der Waals surface area contributed by atoms with Crippen LogP contribution in [0.4, 0.5) is 0 Å². The second-order valence-electron chi connectivity index (χ2n) is 4.99. The maximum Gasteiger partial charge on any atom is 0.333 e. The van der Waals surface area contributed by atoms with Crippen molar-refractivity contribution >= 4 is 142 Å². The Morgan fingerprint density at radius 2 is 1.58 bits per heavy atom. The Balaban J connectivity index is 2.28. The summed E-state index contributed by atoms with van der Waals surface area (Å²) in [6, 6.07) is 7.17. The maximum absolute atomic E-state index is 11.8. The number of ether oxygens (including phenoxy) is 1. The fraction of sp³-hybridized carbons (Fsp3) is 0.133. The molecule has 2 N–H and O–H groups in total. The number of rotatable bonds is 6. The average molecular weight is 1030 g/mol. The van der Waals surface area contributed by atoms with Crippen LogP contribution in [0, 0.1) is 14.3 Å². The highest BCUT2D eigenvalue weighted by molar-refractivity contribution is 14.1. The van der Waals surface area contributed by atoms with Crippen LogP contribution in [0.3, 0.4) is 0 Å². The predicted molar refractivity (Wildman–Crippen MR) is 150 cm³/mol. The van der Waals surface area contributed by atoms with Gasteiger partial charge in [0.25, 0.3) is 0 Å². The SMILES string of the molecule is O=C(OI)[C@H](Cc1cc(I)c(Oc2cc(I)c(O)c(I)c2)c(I)c1)NI. The monoisotopic (exact) mass is 1030 g/mol. The number of phenols is 1. The van der Waals surface area contributed by atoms with Gasteiger partial charge in [-0.25, -0.2) is 8.32 Å². The van der Waals surface area contributed by atoms with Crippen molar-refractivity contribution in [3.63, 3.8) is 0 Å². The highest BCUT2D eigenvalue weighted by Gasteiger charge is 2.20. The molecule has 0 saturated heterocycles. The largest absolute Gasteiger partial charge is 0.506 e. The van der Waals surface area contributed by atoms with Crippen molar-refractivity contribution in [2.75, 3.05) is 0 Å². The van der Waals surface area contributed by atoms with Crippen LogP contribution in [-0.4, -0.2) is 17.1 Å². The number of carbonyl (C=O) groups excluding carboxylic acids is 1. The number of halogens is 6. The van der Waals surface area contributed by atoms with E-state index in [1.54, 1.807) is 35.1 Å². The Morgan fingerprint density at radius 1 is 1.04 bits per heavy atom. The lowest BCUT2D eigenvalue weighted by Gasteiger charge is -2.15. The van der Waals surface area contributed by atoms with E-state index in [0.717, 1.165) is 25.6 Å². The molecule has 0 saturated carbocycles. The molecule has 0 radical (unpaired) electrons. The van der Waals surface area contributed by atoms with Crippen molar-refractivity contribution in [1.82, 2.24) is 3.53 Å². The Bertz CT molecular complexity index is 786. The first-order chi connectivity index (χ1) is 12.3. The number of benzene rings is 2. The molecule has 26 heavy (non-hydrogen) atoms. The van der Waals surface area contributed by atoms with Crippen LogP contribution in [0.5, 0.6) is 17.2 Å². The molecule has 11 heteroatoms. The van der Waals surface area contributed by atoms with Crippen LogP contribution in [-0.2, 0) is 14.3 Å². The molecule has 0 heterocycles. The molecule has 0 amide bonds. The van der Waals surface area contributed by atoms with E-state index >= 15 is 0 Å². The van der Waals surface area contributed by atoms with Gasteiger partial charge in [0, 0.05) is 22.9 Å². The molecular weight excluding hydrogens is 1020 g/mol. The van der Waals surface area contributed by atoms with Crippen LogP contribution in [0.2, 0.25) is 0 Å². The minimum Gasteiger partial charge on any atom is -0.506 e. The van der Waals surface area contributed by atoms with Gasteiger partial charge in [-0.05, 0) is 127 Å². The summed E-state index contributed by atoms with van der Waals surface area (Å²) >= 11 is 12.2. The van der Waals surface area contributed by atoms with Crippen molar-refractivity contribution in [2.45, 2.75) is 12.5 Å². The second-order valence-corrected chi connectivity index (χ2v) is 10.7. The zero-order valence-electron chi connectivity index (χ0n) is 12.5. The third kappa shape index (κ3) is 6.42. The lowest BCUT2D eigenvalue weighted by atomic mass is 10.1. The normalized spacial score (nSPS) is 11.9. The minimum atomic E-state index is -0.411. The van der Waals surface area contributed by atoms with Gasteiger partial charge in [-0.2, -0.15) is 0 Å². The van der Waals surface area contributed by atoms with E-state index in [1.807, 2.05) is 35.0 Å². The molecule has 2 aromatic rings. The summed E-state index contributed by atoms with van der Waals surface area (Å²) in [6.45, 7) is 0. The van der Waals surface area contributed by atoms with Crippen LogP contribution >= 0.6 is 136 Å². The quantitative estimate of drug-likeness (QED) is 0.261. The Hall–Kier alpha value is 1.85. The van der Waals surface area contributed by atoms with Crippen LogP contribution in [0.15, 0.2) is 24.3 Å². The van der Waals surface area contributed by atoms with E-state index in [9.17, 15) is 9.90 Å². The molecule has 0 bridgehead atoms. The summed E-state index contributed by atoms with van der Waals surface area (Å²) in [5.41, 5.74) is 1.01. The number of hydrogen-bond donors (Lipinski definition) is 2. The molecule has 0 aliphatic heterocycles. The maximum atomic E-state index is 11.8. The molecule has 0 spiro atoms. The van der Waals surface area contributed by atoms with E-state index in [1.165, 1.54) is 0 Å². The number of hydrogen-bond acceptors (Lipinski definition) is 5. The summed E-state index contributed by atoms with van der Waals surface area (Å²) in [6.07, 6.45) is 0.520. The molecule has 0 aromatic heterocycles. The highest BCUT2D eigenvalue weighted by Crippen LogP contribution is 2.37. The van der Waals surface area contributed by atoms with Crippen molar-refractivity contribution < 1.29 is 17.7 Å². The first-order valence-corrected chi connectivity index (χ1v) is 13.1. The number of aromatic hydroxyl groups is 1. The summed E-state index contributed by atoms with van der Waals surface area (Å²) in [4.78, 5) is 11.8. The van der Waals surface area contributed by atoms with Gasteiger partial charge in [0.1, 0.15) is 17.5 Å². The topological polar surface area (TPSA) is 67.8 Å². The van der Waals surface area contributed by atoms with Crippen molar-refractivity contribution in [2.24, 2.45) is 0 Å². The number of nitrogens with one attached hydrogen (secondary N) is 1. The molecule has 2 rings (SSSR count). The molecule has 5 nitrogen and oxygen atoms in total.